The zero-order valence-electron chi connectivity index (χ0n) is 15.2. The number of rotatable bonds is 3. The molecule has 1 aliphatic heterocycles. The number of likely N-dealkylation sites (N-methyl/N-ethyl adjacent to an activating group) is 1. The molecule has 1 aromatic carbocycles. The molecular formula is C18H19F2N7O. The first-order valence-corrected chi connectivity index (χ1v) is 8.76. The lowest BCUT2D eigenvalue weighted by Gasteiger charge is -2.32. The first-order chi connectivity index (χ1) is 13.4. The van der Waals surface area contributed by atoms with E-state index in [9.17, 15) is 13.6 Å². The fourth-order valence-electron chi connectivity index (χ4n) is 3.19. The number of nitrogen functional groups attached to an aromatic ring is 1. The van der Waals surface area contributed by atoms with Crippen LogP contribution in [-0.2, 0) is 0 Å². The number of halogens is 2. The van der Waals surface area contributed by atoms with Crippen molar-refractivity contribution in [3.8, 4) is 0 Å². The number of anilines is 3. The number of fused-ring (bicyclic) bond motifs is 1. The normalized spacial score (nSPS) is 15.2. The Kier molecular flexibility index (Phi) is 4.55. The highest BCUT2D eigenvalue weighted by Gasteiger charge is 2.22. The topological polar surface area (TPSA) is 103 Å². The lowest BCUT2D eigenvalue weighted by Crippen LogP contribution is -2.44. The number of aromatic amines is 1. The highest BCUT2D eigenvalue weighted by Crippen LogP contribution is 2.27. The number of pyridine rings is 1. The Labute approximate surface area is 159 Å². The van der Waals surface area contributed by atoms with E-state index >= 15 is 0 Å². The Bertz CT molecular complexity index is 1040. The van der Waals surface area contributed by atoms with Gasteiger partial charge in [0.05, 0.1) is 23.0 Å². The van der Waals surface area contributed by atoms with Crippen molar-refractivity contribution in [1.82, 2.24) is 20.1 Å². The number of hydrogen-bond acceptors (Lipinski definition) is 6. The van der Waals surface area contributed by atoms with Crippen LogP contribution in [-0.4, -0.2) is 59.2 Å². The molecule has 8 nitrogen and oxygen atoms in total. The van der Waals surface area contributed by atoms with E-state index in [2.05, 4.69) is 37.3 Å². The molecule has 0 saturated carbocycles. The van der Waals surface area contributed by atoms with Gasteiger partial charge in [-0.1, -0.05) is 0 Å². The number of benzene rings is 1. The van der Waals surface area contributed by atoms with Crippen LogP contribution < -0.4 is 16.0 Å². The molecule has 0 aliphatic carbocycles. The standard InChI is InChI=1S/C18H19F2N7O/c1-26-4-6-27(7-5-26)17-11-8-10(9-22-16(11)24-25-17)23-18(28)14-12(19)2-3-13(21)15(14)20/h2-3,8-9H,4-7,21H2,1H3,(H,23,28)(H,22,24,25). The molecule has 3 aromatic rings. The molecule has 0 bridgehead atoms. The van der Waals surface area contributed by atoms with Crippen molar-refractivity contribution >= 4 is 34.1 Å². The average Bonchev–Trinajstić information content (AvgIpc) is 3.09. The second-order valence-corrected chi connectivity index (χ2v) is 6.74. The first kappa shape index (κ1) is 18.1. The SMILES string of the molecule is CN1CCN(c2n[nH]c3ncc(NC(=O)c4c(F)ccc(N)c4F)cc23)CC1. The minimum Gasteiger partial charge on any atom is -0.396 e. The lowest BCUT2D eigenvalue weighted by atomic mass is 10.1. The number of nitrogens with one attached hydrogen (secondary N) is 2. The average molecular weight is 387 g/mol. The Balaban J connectivity index is 1.62. The number of nitrogens with zero attached hydrogens (tertiary/aromatic N) is 4. The summed E-state index contributed by atoms with van der Waals surface area (Å²) in [5.41, 5.74) is 5.27. The van der Waals surface area contributed by atoms with Gasteiger partial charge >= 0.3 is 0 Å². The van der Waals surface area contributed by atoms with Crippen LogP contribution in [0.1, 0.15) is 10.4 Å². The number of amides is 1. The van der Waals surface area contributed by atoms with Gasteiger partial charge in [-0.15, -0.1) is 0 Å². The monoisotopic (exact) mass is 387 g/mol. The van der Waals surface area contributed by atoms with Crippen LogP contribution in [0.4, 0.5) is 26.0 Å². The predicted octanol–water partition coefficient (Wildman–Crippen LogP) is 1.82. The summed E-state index contributed by atoms with van der Waals surface area (Å²) in [6.45, 7) is 3.44. The van der Waals surface area contributed by atoms with E-state index in [0.717, 1.165) is 49.5 Å². The van der Waals surface area contributed by atoms with Gasteiger partial charge in [0.2, 0.25) is 0 Å². The summed E-state index contributed by atoms with van der Waals surface area (Å²) in [6.07, 6.45) is 1.40. The quantitative estimate of drug-likeness (QED) is 0.593. The summed E-state index contributed by atoms with van der Waals surface area (Å²) in [6, 6.07) is 3.71. The number of aromatic nitrogens is 3. The highest BCUT2D eigenvalue weighted by molar-refractivity contribution is 6.06. The van der Waals surface area contributed by atoms with E-state index in [4.69, 9.17) is 5.73 Å². The van der Waals surface area contributed by atoms with Crippen molar-refractivity contribution < 1.29 is 13.6 Å². The number of carbonyl (C=O) groups excluding carboxylic acids is 1. The van der Waals surface area contributed by atoms with Crippen molar-refractivity contribution in [2.45, 2.75) is 0 Å². The highest BCUT2D eigenvalue weighted by atomic mass is 19.1. The van der Waals surface area contributed by atoms with Gasteiger partial charge in [-0.25, -0.2) is 13.8 Å². The fraction of sp³-hybridized carbons (Fsp3) is 0.278. The maximum atomic E-state index is 14.1. The van der Waals surface area contributed by atoms with E-state index in [1.165, 1.54) is 6.20 Å². The van der Waals surface area contributed by atoms with E-state index < -0.39 is 23.1 Å². The molecule has 1 saturated heterocycles. The fourth-order valence-corrected chi connectivity index (χ4v) is 3.19. The summed E-state index contributed by atoms with van der Waals surface area (Å²) in [4.78, 5) is 21.0. The van der Waals surface area contributed by atoms with Crippen LogP contribution in [0.5, 0.6) is 0 Å². The van der Waals surface area contributed by atoms with Crippen LogP contribution in [0.25, 0.3) is 11.0 Å². The summed E-state index contributed by atoms with van der Waals surface area (Å²) >= 11 is 0. The maximum Gasteiger partial charge on any atom is 0.261 e. The predicted molar refractivity (Wildman–Crippen MR) is 102 cm³/mol. The van der Waals surface area contributed by atoms with Crippen LogP contribution in [0.3, 0.4) is 0 Å². The molecule has 2 aromatic heterocycles. The molecule has 4 N–H and O–H groups in total. The number of hydrogen-bond donors (Lipinski definition) is 3. The molecule has 28 heavy (non-hydrogen) atoms. The Hall–Kier alpha value is -3.27. The summed E-state index contributed by atoms with van der Waals surface area (Å²) in [5.74, 6) is -2.28. The van der Waals surface area contributed by atoms with Gasteiger partial charge in [0.1, 0.15) is 11.4 Å². The Morgan fingerprint density at radius 2 is 2.00 bits per heavy atom. The molecule has 4 rings (SSSR count). The van der Waals surface area contributed by atoms with E-state index in [0.29, 0.717) is 11.3 Å². The second-order valence-electron chi connectivity index (χ2n) is 6.74. The molecule has 0 unspecified atom stereocenters. The second kappa shape index (κ2) is 7.04. The van der Waals surface area contributed by atoms with Gasteiger partial charge in [0.25, 0.3) is 5.91 Å². The van der Waals surface area contributed by atoms with E-state index in [1.54, 1.807) is 6.07 Å². The molecule has 146 valence electrons. The van der Waals surface area contributed by atoms with Gasteiger partial charge < -0.3 is 20.9 Å². The van der Waals surface area contributed by atoms with Crippen molar-refractivity contribution in [1.29, 1.82) is 0 Å². The molecule has 1 amide bonds. The largest absolute Gasteiger partial charge is 0.396 e. The number of H-pyrrole nitrogens is 1. The van der Waals surface area contributed by atoms with E-state index in [-0.39, 0.29) is 5.69 Å². The van der Waals surface area contributed by atoms with Gasteiger partial charge in [-0.2, -0.15) is 5.10 Å². The number of piperazine rings is 1. The minimum atomic E-state index is -1.09. The third kappa shape index (κ3) is 3.22. The smallest absolute Gasteiger partial charge is 0.261 e. The van der Waals surface area contributed by atoms with Crippen molar-refractivity contribution in [3.63, 3.8) is 0 Å². The molecule has 0 atom stereocenters. The first-order valence-electron chi connectivity index (χ1n) is 8.76. The Morgan fingerprint density at radius 3 is 2.75 bits per heavy atom. The molecule has 0 spiro atoms. The number of carbonyl (C=O) groups is 1. The summed E-state index contributed by atoms with van der Waals surface area (Å²) in [7, 11) is 2.06. The van der Waals surface area contributed by atoms with Crippen LogP contribution in [0, 0.1) is 11.6 Å². The molecular weight excluding hydrogens is 368 g/mol. The molecule has 1 fully saturated rings. The van der Waals surface area contributed by atoms with Gasteiger partial charge in [0, 0.05) is 26.2 Å². The molecule has 3 heterocycles. The molecule has 10 heteroatoms. The van der Waals surface area contributed by atoms with Gasteiger partial charge in [0.15, 0.2) is 17.3 Å². The van der Waals surface area contributed by atoms with E-state index in [1.807, 2.05) is 0 Å². The zero-order valence-corrected chi connectivity index (χ0v) is 15.2. The number of nitrogens with two attached hydrogens (primary N) is 1. The molecule has 1 aliphatic rings. The summed E-state index contributed by atoms with van der Waals surface area (Å²) < 4.78 is 28.0. The van der Waals surface area contributed by atoms with Crippen LogP contribution >= 0.6 is 0 Å². The molecule has 0 radical (unpaired) electrons. The lowest BCUT2D eigenvalue weighted by molar-refractivity contribution is 0.101. The third-order valence-electron chi connectivity index (χ3n) is 4.81. The van der Waals surface area contributed by atoms with Crippen molar-refractivity contribution in [2.24, 2.45) is 0 Å². The van der Waals surface area contributed by atoms with Crippen LogP contribution in [0.2, 0.25) is 0 Å². The van der Waals surface area contributed by atoms with Crippen molar-refractivity contribution in [2.75, 3.05) is 49.2 Å². The minimum absolute atomic E-state index is 0.299. The Morgan fingerprint density at radius 1 is 1.25 bits per heavy atom. The summed E-state index contributed by atoms with van der Waals surface area (Å²) in [5, 5.41) is 10.4. The zero-order chi connectivity index (χ0) is 19.8. The third-order valence-corrected chi connectivity index (χ3v) is 4.81. The van der Waals surface area contributed by atoms with Gasteiger partial charge in [-0.3, -0.25) is 9.89 Å². The van der Waals surface area contributed by atoms with Crippen LogP contribution in [0.15, 0.2) is 24.4 Å². The van der Waals surface area contributed by atoms with Gasteiger partial charge in [-0.05, 0) is 25.2 Å². The maximum absolute atomic E-state index is 14.1. The van der Waals surface area contributed by atoms with Crippen molar-refractivity contribution in [3.05, 3.63) is 41.6 Å².